The molecule has 0 spiro atoms. The molecular formula is C19H24N2O4S. The third-order valence-corrected chi connectivity index (χ3v) is 4.30. The highest BCUT2D eigenvalue weighted by molar-refractivity contribution is 7.07. The molecule has 2 rings (SSSR count). The van der Waals surface area contributed by atoms with Crippen molar-refractivity contribution in [3.63, 3.8) is 0 Å². The zero-order chi connectivity index (χ0) is 19.1. The van der Waals surface area contributed by atoms with Crippen molar-refractivity contribution in [1.82, 2.24) is 9.88 Å². The summed E-state index contributed by atoms with van der Waals surface area (Å²) in [6.45, 7) is 7.79. The van der Waals surface area contributed by atoms with Crippen molar-refractivity contribution in [2.45, 2.75) is 46.4 Å². The second-order valence-corrected chi connectivity index (χ2v) is 7.08. The van der Waals surface area contributed by atoms with E-state index in [1.54, 1.807) is 34.7 Å². The summed E-state index contributed by atoms with van der Waals surface area (Å²) in [6, 6.07) is 6.79. The lowest BCUT2D eigenvalue weighted by atomic mass is 10.2. The summed E-state index contributed by atoms with van der Waals surface area (Å²) in [5.41, 5.74) is 2.91. The smallest absolute Gasteiger partial charge is 0.338 e. The number of hydrogen-bond donors (Lipinski definition) is 0. The molecule has 0 saturated carbocycles. The molecule has 0 aliphatic carbocycles. The largest absolute Gasteiger partial charge is 0.487 e. The van der Waals surface area contributed by atoms with Crippen LogP contribution in [0.4, 0.5) is 0 Å². The lowest BCUT2D eigenvalue weighted by Gasteiger charge is -2.30. The molecule has 1 aromatic carbocycles. The molecule has 0 bridgehead atoms. The van der Waals surface area contributed by atoms with Gasteiger partial charge in [0.15, 0.2) is 6.61 Å². The van der Waals surface area contributed by atoms with E-state index in [1.165, 1.54) is 11.3 Å². The summed E-state index contributed by atoms with van der Waals surface area (Å²) in [4.78, 5) is 30.4. The van der Waals surface area contributed by atoms with Gasteiger partial charge in [-0.2, -0.15) is 0 Å². The Morgan fingerprint density at radius 1 is 1.19 bits per heavy atom. The fourth-order valence-electron chi connectivity index (χ4n) is 2.64. The predicted octanol–water partition coefficient (Wildman–Crippen LogP) is 3.52. The van der Waals surface area contributed by atoms with Crippen LogP contribution in [0.15, 0.2) is 35.2 Å². The number of aromatic nitrogens is 1. The molecule has 2 aromatic rings. The monoisotopic (exact) mass is 376 g/mol. The molecule has 0 fully saturated rings. The van der Waals surface area contributed by atoms with E-state index in [0.29, 0.717) is 17.9 Å². The summed E-state index contributed by atoms with van der Waals surface area (Å²) >= 11 is 1.50. The van der Waals surface area contributed by atoms with Crippen LogP contribution in [0, 0.1) is 0 Å². The topological polar surface area (TPSA) is 68.7 Å². The Morgan fingerprint density at radius 2 is 1.92 bits per heavy atom. The van der Waals surface area contributed by atoms with Crippen molar-refractivity contribution in [3.05, 3.63) is 46.4 Å². The number of thiazole rings is 1. The summed E-state index contributed by atoms with van der Waals surface area (Å²) in [5.74, 6) is -0.214. The van der Waals surface area contributed by atoms with Gasteiger partial charge >= 0.3 is 5.97 Å². The SMILES string of the molecule is CC(C)N(C(=O)COC(=O)c1cccc(OCc2cscn2)c1)C(C)C. The van der Waals surface area contributed by atoms with Crippen molar-refractivity contribution in [2.75, 3.05) is 6.61 Å². The van der Waals surface area contributed by atoms with Gasteiger partial charge in [-0.25, -0.2) is 9.78 Å². The van der Waals surface area contributed by atoms with Gasteiger partial charge in [0.05, 0.1) is 16.8 Å². The quantitative estimate of drug-likeness (QED) is 0.659. The first-order valence-electron chi connectivity index (χ1n) is 8.46. The molecule has 0 aliphatic rings. The van der Waals surface area contributed by atoms with Gasteiger partial charge in [0, 0.05) is 17.5 Å². The molecule has 0 N–H and O–H groups in total. The Labute approximate surface area is 157 Å². The minimum atomic E-state index is -0.551. The van der Waals surface area contributed by atoms with E-state index < -0.39 is 5.97 Å². The van der Waals surface area contributed by atoms with E-state index >= 15 is 0 Å². The number of carbonyl (C=O) groups is 2. The van der Waals surface area contributed by atoms with Gasteiger partial charge in [0.2, 0.25) is 0 Å². The Hall–Kier alpha value is -2.41. The molecule has 0 radical (unpaired) electrons. The van der Waals surface area contributed by atoms with Crippen LogP contribution >= 0.6 is 11.3 Å². The molecular weight excluding hydrogens is 352 g/mol. The van der Waals surface area contributed by atoms with Crippen LogP contribution in [0.1, 0.15) is 43.7 Å². The van der Waals surface area contributed by atoms with E-state index in [1.807, 2.05) is 33.1 Å². The Kier molecular flexibility index (Phi) is 7.15. The average Bonchev–Trinajstić information content (AvgIpc) is 3.11. The number of esters is 1. The van der Waals surface area contributed by atoms with Crippen molar-refractivity contribution in [1.29, 1.82) is 0 Å². The maximum absolute atomic E-state index is 12.3. The highest BCUT2D eigenvalue weighted by atomic mass is 32.1. The van der Waals surface area contributed by atoms with Gasteiger partial charge in [-0.05, 0) is 45.9 Å². The van der Waals surface area contributed by atoms with Crippen LogP contribution in [0.5, 0.6) is 5.75 Å². The first-order chi connectivity index (χ1) is 12.4. The van der Waals surface area contributed by atoms with Gasteiger partial charge in [-0.1, -0.05) is 6.07 Å². The number of amides is 1. The highest BCUT2D eigenvalue weighted by Crippen LogP contribution is 2.16. The van der Waals surface area contributed by atoms with Gasteiger partial charge in [-0.3, -0.25) is 4.79 Å². The Bertz CT molecular complexity index is 721. The maximum Gasteiger partial charge on any atom is 0.338 e. The highest BCUT2D eigenvalue weighted by Gasteiger charge is 2.21. The lowest BCUT2D eigenvalue weighted by Crippen LogP contribution is -2.44. The van der Waals surface area contributed by atoms with Crippen LogP contribution < -0.4 is 4.74 Å². The Morgan fingerprint density at radius 3 is 2.54 bits per heavy atom. The van der Waals surface area contributed by atoms with Crippen molar-refractivity contribution in [3.8, 4) is 5.75 Å². The molecule has 0 aliphatic heterocycles. The summed E-state index contributed by atoms with van der Waals surface area (Å²) < 4.78 is 10.8. The third kappa shape index (κ3) is 5.56. The number of carbonyl (C=O) groups excluding carboxylic acids is 2. The van der Waals surface area contributed by atoms with Crippen molar-refractivity contribution in [2.24, 2.45) is 0 Å². The molecule has 1 aromatic heterocycles. The van der Waals surface area contributed by atoms with E-state index in [4.69, 9.17) is 9.47 Å². The van der Waals surface area contributed by atoms with Crippen molar-refractivity contribution < 1.29 is 19.1 Å². The van der Waals surface area contributed by atoms with Crippen LogP contribution in [-0.2, 0) is 16.1 Å². The van der Waals surface area contributed by atoms with Crippen LogP contribution in [0.2, 0.25) is 0 Å². The molecule has 6 nitrogen and oxygen atoms in total. The molecule has 7 heteroatoms. The number of rotatable bonds is 8. The van der Waals surface area contributed by atoms with Gasteiger partial charge in [0.1, 0.15) is 12.4 Å². The minimum Gasteiger partial charge on any atom is -0.487 e. The zero-order valence-electron chi connectivity index (χ0n) is 15.5. The second-order valence-electron chi connectivity index (χ2n) is 6.36. The normalized spacial score (nSPS) is 10.8. The molecule has 0 atom stereocenters. The molecule has 1 heterocycles. The number of benzene rings is 1. The zero-order valence-corrected chi connectivity index (χ0v) is 16.3. The fraction of sp³-hybridized carbons (Fsp3) is 0.421. The van der Waals surface area contributed by atoms with Crippen molar-refractivity contribution >= 4 is 23.2 Å². The average molecular weight is 376 g/mol. The van der Waals surface area contributed by atoms with Gasteiger partial charge in [0.25, 0.3) is 5.91 Å². The fourth-order valence-corrected chi connectivity index (χ4v) is 3.18. The minimum absolute atomic E-state index is 0.0450. The first-order valence-corrected chi connectivity index (χ1v) is 9.41. The second kappa shape index (κ2) is 9.33. The third-order valence-electron chi connectivity index (χ3n) is 3.67. The first kappa shape index (κ1) is 19.9. The standard InChI is InChI=1S/C19H24N2O4S/c1-13(2)21(14(3)4)18(22)10-25-19(23)15-6-5-7-17(8-15)24-9-16-11-26-12-20-16/h5-8,11-14H,9-10H2,1-4H3. The van der Waals surface area contributed by atoms with Gasteiger partial charge < -0.3 is 14.4 Å². The molecule has 1 amide bonds. The summed E-state index contributed by atoms with van der Waals surface area (Å²) in [6.07, 6.45) is 0. The van der Waals surface area contributed by atoms with E-state index in [-0.39, 0.29) is 24.6 Å². The van der Waals surface area contributed by atoms with Crippen LogP contribution in [0.25, 0.3) is 0 Å². The molecule has 0 saturated heterocycles. The molecule has 140 valence electrons. The summed E-state index contributed by atoms with van der Waals surface area (Å²) in [7, 11) is 0. The summed E-state index contributed by atoms with van der Waals surface area (Å²) in [5, 5.41) is 1.90. The number of nitrogens with zero attached hydrogens (tertiary/aromatic N) is 2. The maximum atomic E-state index is 12.3. The Balaban J connectivity index is 1.92. The van der Waals surface area contributed by atoms with Crippen LogP contribution in [0.3, 0.4) is 0 Å². The molecule has 0 unspecified atom stereocenters. The van der Waals surface area contributed by atoms with Crippen LogP contribution in [-0.4, -0.2) is 40.5 Å². The van der Waals surface area contributed by atoms with E-state index in [0.717, 1.165) is 5.69 Å². The predicted molar refractivity (Wildman–Crippen MR) is 100 cm³/mol. The van der Waals surface area contributed by atoms with Gasteiger partial charge in [-0.15, -0.1) is 11.3 Å². The lowest BCUT2D eigenvalue weighted by molar-refractivity contribution is -0.138. The van der Waals surface area contributed by atoms with E-state index in [2.05, 4.69) is 4.98 Å². The number of ether oxygens (including phenoxy) is 2. The number of hydrogen-bond acceptors (Lipinski definition) is 6. The molecule has 26 heavy (non-hydrogen) atoms. The van der Waals surface area contributed by atoms with E-state index in [9.17, 15) is 9.59 Å².